The summed E-state index contributed by atoms with van der Waals surface area (Å²) < 4.78 is 22.8. The van der Waals surface area contributed by atoms with Crippen molar-refractivity contribution in [2.24, 2.45) is 0 Å². The van der Waals surface area contributed by atoms with E-state index in [0.29, 0.717) is 53.0 Å². The molecule has 1 fully saturated rings. The van der Waals surface area contributed by atoms with Gasteiger partial charge in [0.1, 0.15) is 17.9 Å². The Morgan fingerprint density at radius 1 is 1.30 bits per heavy atom. The lowest BCUT2D eigenvalue weighted by Crippen LogP contribution is -2.48. The molecule has 1 aliphatic heterocycles. The zero-order chi connectivity index (χ0) is 23.0. The molecule has 1 saturated carbocycles. The third-order valence-corrected chi connectivity index (χ3v) is 6.24. The van der Waals surface area contributed by atoms with Crippen molar-refractivity contribution in [1.29, 1.82) is 0 Å². The Kier molecular flexibility index (Phi) is 5.47. The summed E-state index contributed by atoms with van der Waals surface area (Å²) >= 11 is 0. The van der Waals surface area contributed by atoms with Gasteiger partial charge in [0.2, 0.25) is 0 Å². The van der Waals surface area contributed by atoms with Gasteiger partial charge < -0.3 is 10.1 Å². The topological polar surface area (TPSA) is 97.7 Å². The Hall–Kier alpha value is -3.49. The Morgan fingerprint density at radius 3 is 2.85 bits per heavy atom. The molecule has 0 spiro atoms. The molecule has 3 heterocycles. The first-order valence-corrected chi connectivity index (χ1v) is 11.4. The van der Waals surface area contributed by atoms with Crippen molar-refractivity contribution in [3.05, 3.63) is 59.7 Å². The van der Waals surface area contributed by atoms with Crippen LogP contribution in [0.25, 0.3) is 11.1 Å². The summed E-state index contributed by atoms with van der Waals surface area (Å²) in [6.07, 6.45) is 7.76. The van der Waals surface area contributed by atoms with Gasteiger partial charge in [-0.15, -0.1) is 0 Å². The smallest absolute Gasteiger partial charge is 0.256 e. The zero-order valence-corrected chi connectivity index (χ0v) is 18.8. The predicted octanol–water partition coefficient (Wildman–Crippen LogP) is 4.00. The van der Waals surface area contributed by atoms with Crippen LogP contribution in [0.1, 0.15) is 69.1 Å². The van der Waals surface area contributed by atoms with Crippen LogP contribution in [0.4, 0.5) is 4.39 Å². The van der Waals surface area contributed by atoms with Gasteiger partial charge in [0.05, 0.1) is 29.5 Å². The van der Waals surface area contributed by atoms with Gasteiger partial charge in [-0.25, -0.2) is 9.37 Å². The molecule has 1 amide bonds. The standard InChI is InChI=1S/C24H27FN6O2/c1-3-4-11-33-16-7-8-18(19(25)12-16)24(2)13-17(20-9-10-31(30-20)15-5-6-15)21(23(32)28-24)22-26-14-27-29-22/h7-10,12,14-15H,3-6,11,13H2,1-2H3,(H,28,32)(H,26,27,29)/t24-/m0/s1. The maximum atomic E-state index is 15.2. The summed E-state index contributed by atoms with van der Waals surface area (Å²) in [6, 6.07) is 7.15. The Balaban J connectivity index is 1.52. The van der Waals surface area contributed by atoms with Crippen LogP contribution in [0.2, 0.25) is 0 Å². The molecule has 0 bridgehead atoms. The highest BCUT2D eigenvalue weighted by atomic mass is 19.1. The van der Waals surface area contributed by atoms with Gasteiger partial charge in [0, 0.05) is 24.2 Å². The maximum Gasteiger partial charge on any atom is 0.256 e. The summed E-state index contributed by atoms with van der Waals surface area (Å²) in [6.45, 7) is 4.45. The second-order valence-electron chi connectivity index (χ2n) is 8.91. The number of carbonyl (C=O) groups is 1. The monoisotopic (exact) mass is 450 g/mol. The molecule has 5 rings (SSSR count). The molecule has 2 aromatic heterocycles. The number of aromatic nitrogens is 5. The van der Waals surface area contributed by atoms with Crippen molar-refractivity contribution in [3.63, 3.8) is 0 Å². The summed E-state index contributed by atoms with van der Waals surface area (Å²) in [5, 5.41) is 14.4. The minimum atomic E-state index is -0.967. The Morgan fingerprint density at radius 2 is 2.15 bits per heavy atom. The van der Waals surface area contributed by atoms with E-state index >= 15 is 4.39 Å². The van der Waals surface area contributed by atoms with E-state index in [1.54, 1.807) is 12.1 Å². The number of hydrogen-bond donors (Lipinski definition) is 2. The van der Waals surface area contributed by atoms with E-state index in [2.05, 4.69) is 27.4 Å². The number of benzene rings is 1. The van der Waals surface area contributed by atoms with E-state index < -0.39 is 11.4 Å². The van der Waals surface area contributed by atoms with Crippen LogP contribution in [0.15, 0.2) is 36.8 Å². The molecule has 1 aliphatic carbocycles. The predicted molar refractivity (Wildman–Crippen MR) is 121 cm³/mol. The number of nitrogens with zero attached hydrogens (tertiary/aromatic N) is 4. The summed E-state index contributed by atoms with van der Waals surface area (Å²) in [4.78, 5) is 17.5. The van der Waals surface area contributed by atoms with Crippen molar-refractivity contribution in [2.75, 3.05) is 6.61 Å². The first kappa shape index (κ1) is 21.4. The van der Waals surface area contributed by atoms with Crippen LogP contribution < -0.4 is 10.1 Å². The molecule has 1 aromatic carbocycles. The molecule has 3 aromatic rings. The molecule has 172 valence electrons. The minimum absolute atomic E-state index is 0.348. The second-order valence-corrected chi connectivity index (χ2v) is 8.91. The van der Waals surface area contributed by atoms with Gasteiger partial charge in [-0.2, -0.15) is 10.2 Å². The van der Waals surface area contributed by atoms with Gasteiger partial charge in [0.25, 0.3) is 5.91 Å². The van der Waals surface area contributed by atoms with Crippen molar-refractivity contribution >= 4 is 17.1 Å². The number of aromatic amines is 1. The third kappa shape index (κ3) is 4.15. The molecular weight excluding hydrogens is 423 g/mol. The number of halogens is 1. The van der Waals surface area contributed by atoms with Crippen LogP contribution in [-0.4, -0.2) is 37.5 Å². The fourth-order valence-electron chi connectivity index (χ4n) is 4.30. The van der Waals surface area contributed by atoms with Crippen LogP contribution in [-0.2, 0) is 10.3 Å². The SMILES string of the molecule is CCCCOc1ccc([C@]2(C)CC(c3ccn(C4CC4)n3)=C(c3ncn[nH]3)C(=O)N2)c(F)c1. The van der Waals surface area contributed by atoms with Crippen molar-refractivity contribution in [1.82, 2.24) is 30.3 Å². The molecule has 9 heteroatoms. The highest BCUT2D eigenvalue weighted by Gasteiger charge is 2.41. The molecule has 0 unspecified atom stereocenters. The molecular formula is C24H27FN6O2. The number of ether oxygens (including phenoxy) is 1. The van der Waals surface area contributed by atoms with Gasteiger partial charge in [0.15, 0.2) is 5.82 Å². The van der Waals surface area contributed by atoms with E-state index in [-0.39, 0.29) is 5.91 Å². The van der Waals surface area contributed by atoms with E-state index in [4.69, 9.17) is 9.84 Å². The van der Waals surface area contributed by atoms with Crippen LogP contribution in [0.3, 0.4) is 0 Å². The largest absolute Gasteiger partial charge is 0.493 e. The molecule has 2 N–H and O–H groups in total. The number of hydrogen-bond acceptors (Lipinski definition) is 5. The van der Waals surface area contributed by atoms with Gasteiger partial charge in [-0.05, 0) is 43.9 Å². The van der Waals surface area contributed by atoms with Crippen LogP contribution >= 0.6 is 0 Å². The zero-order valence-electron chi connectivity index (χ0n) is 18.8. The van der Waals surface area contributed by atoms with Gasteiger partial charge >= 0.3 is 0 Å². The lowest BCUT2D eigenvalue weighted by Gasteiger charge is -2.37. The lowest BCUT2D eigenvalue weighted by molar-refractivity contribution is -0.117. The Bertz CT molecular complexity index is 1200. The highest BCUT2D eigenvalue weighted by molar-refractivity contribution is 6.27. The average Bonchev–Trinajstić information content (AvgIpc) is 3.28. The fraction of sp³-hybridized carbons (Fsp3) is 0.417. The van der Waals surface area contributed by atoms with Crippen molar-refractivity contribution in [2.45, 2.75) is 57.5 Å². The fourth-order valence-corrected chi connectivity index (χ4v) is 4.30. The average molecular weight is 451 g/mol. The second kappa shape index (κ2) is 8.46. The molecule has 2 aliphatic rings. The van der Waals surface area contributed by atoms with Crippen molar-refractivity contribution in [3.8, 4) is 5.75 Å². The number of rotatable bonds is 8. The van der Waals surface area contributed by atoms with Crippen molar-refractivity contribution < 1.29 is 13.9 Å². The third-order valence-electron chi connectivity index (χ3n) is 6.24. The van der Waals surface area contributed by atoms with E-state index in [9.17, 15) is 4.79 Å². The quantitative estimate of drug-likeness (QED) is 0.506. The number of amides is 1. The molecule has 0 radical (unpaired) electrons. The molecule has 33 heavy (non-hydrogen) atoms. The molecule has 1 atom stereocenters. The summed E-state index contributed by atoms with van der Waals surface area (Å²) in [5.41, 5.74) is 1.21. The summed E-state index contributed by atoms with van der Waals surface area (Å²) in [7, 11) is 0. The van der Waals surface area contributed by atoms with E-state index in [0.717, 1.165) is 25.7 Å². The number of carbonyl (C=O) groups excluding carboxylic acids is 1. The van der Waals surface area contributed by atoms with Crippen LogP contribution in [0.5, 0.6) is 5.75 Å². The highest BCUT2D eigenvalue weighted by Crippen LogP contribution is 2.42. The first-order valence-electron chi connectivity index (χ1n) is 11.4. The normalized spacial score (nSPS) is 20.8. The lowest BCUT2D eigenvalue weighted by atomic mass is 9.79. The Labute approximate surface area is 191 Å². The van der Waals surface area contributed by atoms with E-state index in [1.807, 2.05) is 23.9 Å². The maximum absolute atomic E-state index is 15.2. The minimum Gasteiger partial charge on any atom is -0.493 e. The molecule has 0 saturated heterocycles. The number of unbranched alkanes of at least 4 members (excludes halogenated alkanes) is 1. The number of H-pyrrole nitrogens is 1. The van der Waals surface area contributed by atoms with E-state index in [1.165, 1.54) is 12.4 Å². The van der Waals surface area contributed by atoms with Gasteiger partial charge in [-0.3, -0.25) is 14.6 Å². The number of nitrogens with one attached hydrogen (secondary N) is 2. The first-order chi connectivity index (χ1) is 16.0. The summed E-state index contributed by atoms with van der Waals surface area (Å²) in [5.74, 6) is 0.0827. The molecule has 8 nitrogen and oxygen atoms in total. The van der Waals surface area contributed by atoms with Gasteiger partial charge in [-0.1, -0.05) is 19.4 Å². The van der Waals surface area contributed by atoms with Crippen LogP contribution in [0, 0.1) is 5.82 Å².